The van der Waals surface area contributed by atoms with Crippen LogP contribution in [-0.2, 0) is 9.53 Å². The molecule has 2 aliphatic heterocycles. The van der Waals surface area contributed by atoms with Gasteiger partial charge in [0.2, 0.25) is 5.91 Å². The van der Waals surface area contributed by atoms with Crippen LogP contribution in [0.25, 0.3) is 0 Å². The number of anilines is 1. The second-order valence-corrected chi connectivity index (χ2v) is 6.52. The first-order valence-electron chi connectivity index (χ1n) is 8.50. The number of nitrogens with zero attached hydrogens (tertiary/aromatic N) is 1. The van der Waals surface area contributed by atoms with E-state index >= 15 is 0 Å². The molecule has 3 rings (SSSR count). The van der Waals surface area contributed by atoms with Crippen LogP contribution >= 0.6 is 0 Å². The van der Waals surface area contributed by atoms with E-state index in [2.05, 4.69) is 17.1 Å². The summed E-state index contributed by atoms with van der Waals surface area (Å²) < 4.78 is 11.0. The lowest BCUT2D eigenvalue weighted by molar-refractivity contribution is -0.120. The Balaban J connectivity index is 1.56. The van der Waals surface area contributed by atoms with Gasteiger partial charge >= 0.3 is 0 Å². The van der Waals surface area contributed by atoms with Gasteiger partial charge in [-0.05, 0) is 63.4 Å². The number of carbonyl (C=O) groups is 1. The number of rotatable bonds is 5. The Morgan fingerprint density at radius 1 is 1.30 bits per heavy atom. The molecule has 0 spiro atoms. The molecule has 1 amide bonds. The number of hydrogen-bond acceptors (Lipinski definition) is 4. The quantitative estimate of drug-likeness (QED) is 0.907. The molecule has 0 aromatic heterocycles. The highest BCUT2D eigenvalue weighted by molar-refractivity contribution is 5.95. The average molecular weight is 318 g/mol. The number of ether oxygens (including phenoxy) is 2. The minimum Gasteiger partial charge on any atom is -0.497 e. The van der Waals surface area contributed by atoms with Crippen LogP contribution in [0, 0.1) is 0 Å². The van der Waals surface area contributed by atoms with Gasteiger partial charge in [0.05, 0.1) is 25.4 Å². The molecule has 0 bridgehead atoms. The van der Waals surface area contributed by atoms with Gasteiger partial charge in [0, 0.05) is 12.2 Å². The van der Waals surface area contributed by atoms with Crippen LogP contribution in [0.5, 0.6) is 5.75 Å². The van der Waals surface area contributed by atoms with Crippen molar-refractivity contribution >= 4 is 11.6 Å². The summed E-state index contributed by atoms with van der Waals surface area (Å²) in [5, 5.41) is 3.02. The standard InChI is InChI=1S/C18H26N2O3/c1-13-5-8-16(23-13)12-20-11-3-4-17(20)18(21)19-14-6-9-15(22-2)10-7-14/h6-7,9-10,13,16-17H,3-5,8,11-12H2,1-2H3,(H,19,21)/t13-,16+,17+/m1/s1. The number of carbonyl (C=O) groups excluding carboxylic acids is 1. The van der Waals surface area contributed by atoms with Gasteiger partial charge in [0.25, 0.3) is 0 Å². The Morgan fingerprint density at radius 2 is 2.09 bits per heavy atom. The second-order valence-electron chi connectivity index (χ2n) is 6.52. The molecule has 2 saturated heterocycles. The highest BCUT2D eigenvalue weighted by atomic mass is 16.5. The van der Waals surface area contributed by atoms with Crippen LogP contribution in [0.15, 0.2) is 24.3 Å². The van der Waals surface area contributed by atoms with Crippen LogP contribution in [0.2, 0.25) is 0 Å². The van der Waals surface area contributed by atoms with Gasteiger partial charge in [-0.25, -0.2) is 0 Å². The molecule has 126 valence electrons. The molecule has 23 heavy (non-hydrogen) atoms. The molecule has 0 unspecified atom stereocenters. The van der Waals surface area contributed by atoms with E-state index in [4.69, 9.17) is 9.47 Å². The zero-order valence-electron chi connectivity index (χ0n) is 14.0. The summed E-state index contributed by atoms with van der Waals surface area (Å²) in [6.45, 7) is 3.97. The molecular formula is C18H26N2O3. The third-order valence-corrected chi connectivity index (χ3v) is 4.78. The van der Waals surface area contributed by atoms with Crippen LogP contribution in [0.1, 0.15) is 32.6 Å². The number of benzene rings is 1. The van der Waals surface area contributed by atoms with Crippen molar-refractivity contribution in [1.29, 1.82) is 0 Å². The lowest BCUT2D eigenvalue weighted by atomic mass is 10.1. The molecule has 0 radical (unpaired) electrons. The van der Waals surface area contributed by atoms with Crippen LogP contribution < -0.4 is 10.1 Å². The Hall–Kier alpha value is -1.59. The van der Waals surface area contributed by atoms with Crippen molar-refractivity contribution < 1.29 is 14.3 Å². The van der Waals surface area contributed by atoms with Crippen molar-refractivity contribution in [1.82, 2.24) is 4.90 Å². The maximum atomic E-state index is 12.6. The van der Waals surface area contributed by atoms with Gasteiger partial charge in [-0.15, -0.1) is 0 Å². The SMILES string of the molecule is COc1ccc(NC(=O)[C@@H]2CCCN2C[C@@H]2CC[C@@H](C)O2)cc1. The fourth-order valence-corrected chi connectivity index (χ4v) is 3.52. The molecular weight excluding hydrogens is 292 g/mol. The highest BCUT2D eigenvalue weighted by Crippen LogP contribution is 2.25. The van der Waals surface area contributed by atoms with Crippen LogP contribution in [0.4, 0.5) is 5.69 Å². The smallest absolute Gasteiger partial charge is 0.241 e. The van der Waals surface area contributed by atoms with E-state index in [0.29, 0.717) is 6.10 Å². The van der Waals surface area contributed by atoms with Crippen LogP contribution in [-0.4, -0.2) is 49.3 Å². The summed E-state index contributed by atoms with van der Waals surface area (Å²) in [5.74, 6) is 0.872. The number of amides is 1. The normalized spacial score (nSPS) is 28.0. The van der Waals surface area contributed by atoms with E-state index in [1.165, 1.54) is 0 Å². The minimum atomic E-state index is -0.0448. The van der Waals surface area contributed by atoms with Crippen molar-refractivity contribution in [2.75, 3.05) is 25.5 Å². The molecule has 2 aliphatic rings. The molecule has 5 nitrogen and oxygen atoms in total. The van der Waals surface area contributed by atoms with Crippen LogP contribution in [0.3, 0.4) is 0 Å². The average Bonchev–Trinajstić information content (AvgIpc) is 3.17. The molecule has 2 fully saturated rings. The lowest BCUT2D eigenvalue weighted by Crippen LogP contribution is -2.43. The molecule has 1 N–H and O–H groups in total. The summed E-state index contributed by atoms with van der Waals surface area (Å²) >= 11 is 0. The predicted molar refractivity (Wildman–Crippen MR) is 89.8 cm³/mol. The maximum Gasteiger partial charge on any atom is 0.241 e. The van der Waals surface area contributed by atoms with Gasteiger partial charge in [-0.1, -0.05) is 0 Å². The summed E-state index contributed by atoms with van der Waals surface area (Å²) in [6.07, 6.45) is 4.85. The molecule has 3 atom stereocenters. The molecule has 0 saturated carbocycles. The molecule has 0 aliphatic carbocycles. The number of nitrogens with one attached hydrogen (secondary N) is 1. The zero-order valence-corrected chi connectivity index (χ0v) is 14.0. The molecule has 5 heteroatoms. The first kappa shape index (κ1) is 16.3. The van der Waals surface area contributed by atoms with Crippen molar-refractivity contribution in [2.45, 2.75) is 50.9 Å². The molecule has 2 heterocycles. The molecule has 1 aromatic carbocycles. The van der Waals surface area contributed by atoms with Crippen molar-refractivity contribution in [3.8, 4) is 5.75 Å². The Morgan fingerprint density at radius 3 is 2.74 bits per heavy atom. The fourth-order valence-electron chi connectivity index (χ4n) is 3.52. The van der Waals surface area contributed by atoms with E-state index in [1.54, 1.807) is 7.11 Å². The Labute approximate surface area is 137 Å². The monoisotopic (exact) mass is 318 g/mol. The Bertz CT molecular complexity index is 532. The van der Waals surface area contributed by atoms with E-state index < -0.39 is 0 Å². The van der Waals surface area contributed by atoms with E-state index in [0.717, 1.165) is 50.2 Å². The van der Waals surface area contributed by atoms with E-state index in [9.17, 15) is 4.79 Å². The van der Waals surface area contributed by atoms with E-state index in [1.807, 2.05) is 24.3 Å². The van der Waals surface area contributed by atoms with Gasteiger partial charge in [-0.3, -0.25) is 9.69 Å². The highest BCUT2D eigenvalue weighted by Gasteiger charge is 2.34. The number of likely N-dealkylation sites (tertiary alicyclic amines) is 1. The lowest BCUT2D eigenvalue weighted by Gasteiger charge is -2.26. The fraction of sp³-hybridized carbons (Fsp3) is 0.611. The van der Waals surface area contributed by atoms with Gasteiger partial charge in [-0.2, -0.15) is 0 Å². The van der Waals surface area contributed by atoms with Crippen molar-refractivity contribution in [3.63, 3.8) is 0 Å². The summed E-state index contributed by atoms with van der Waals surface area (Å²) in [5.41, 5.74) is 0.813. The maximum absolute atomic E-state index is 12.6. The third-order valence-electron chi connectivity index (χ3n) is 4.78. The molecule has 1 aromatic rings. The summed E-state index contributed by atoms with van der Waals surface area (Å²) in [6, 6.07) is 7.41. The number of methoxy groups -OCH3 is 1. The van der Waals surface area contributed by atoms with Crippen molar-refractivity contribution in [2.24, 2.45) is 0 Å². The van der Waals surface area contributed by atoms with Crippen molar-refractivity contribution in [3.05, 3.63) is 24.3 Å². The first-order chi connectivity index (χ1) is 11.2. The van der Waals surface area contributed by atoms with E-state index in [-0.39, 0.29) is 18.1 Å². The van der Waals surface area contributed by atoms with Gasteiger partial charge < -0.3 is 14.8 Å². The largest absolute Gasteiger partial charge is 0.497 e. The van der Waals surface area contributed by atoms with Gasteiger partial charge in [0.15, 0.2) is 0 Å². The predicted octanol–water partition coefficient (Wildman–Crippen LogP) is 2.67. The second kappa shape index (κ2) is 7.32. The third kappa shape index (κ3) is 4.03. The summed E-state index contributed by atoms with van der Waals surface area (Å²) in [4.78, 5) is 14.9. The first-order valence-corrected chi connectivity index (χ1v) is 8.50. The topological polar surface area (TPSA) is 50.8 Å². The zero-order chi connectivity index (χ0) is 16.2. The summed E-state index contributed by atoms with van der Waals surface area (Å²) in [7, 11) is 1.63. The Kier molecular flexibility index (Phi) is 5.18. The minimum absolute atomic E-state index is 0.0448. The number of hydrogen-bond donors (Lipinski definition) is 1. The van der Waals surface area contributed by atoms with Gasteiger partial charge in [0.1, 0.15) is 5.75 Å².